The third-order valence-corrected chi connectivity index (χ3v) is 7.70. The largest absolute Gasteiger partial charge is 0.352 e. The first-order chi connectivity index (χ1) is 16.4. The van der Waals surface area contributed by atoms with Gasteiger partial charge in [0.25, 0.3) is 0 Å². The summed E-state index contributed by atoms with van der Waals surface area (Å²) in [6, 6.07) is 11.6. The first-order valence-electron chi connectivity index (χ1n) is 11.8. The van der Waals surface area contributed by atoms with Gasteiger partial charge in [-0.15, -0.1) is 0 Å². The third-order valence-electron chi connectivity index (χ3n) is 6.21. The maximum absolute atomic E-state index is 13.7. The molecule has 0 radical (unpaired) electrons. The van der Waals surface area contributed by atoms with E-state index in [9.17, 15) is 18.0 Å². The molecule has 0 spiro atoms. The lowest BCUT2D eigenvalue weighted by molar-refractivity contribution is -0.140. The Balaban J connectivity index is 2.50. The highest BCUT2D eigenvalue weighted by atomic mass is 35.5. The minimum absolute atomic E-state index is 0.0590. The summed E-state index contributed by atoms with van der Waals surface area (Å²) in [5.41, 5.74) is 2.80. The molecular formula is C26H36ClN3O4S. The predicted octanol–water partition coefficient (Wildman–Crippen LogP) is 4.44. The second kappa shape index (κ2) is 12.4. The molecule has 7 nitrogen and oxygen atoms in total. The van der Waals surface area contributed by atoms with Crippen LogP contribution in [0.1, 0.15) is 50.3 Å². The molecule has 0 heterocycles. The number of benzene rings is 2. The SMILES string of the molecule is CC[C@H](C(=O)N[C@@H](C)CC)N(Cc1ccccc1Cl)C(=O)CN(c1cccc(C)c1C)S(C)(=O)=O. The number of nitrogens with one attached hydrogen (secondary N) is 1. The van der Waals surface area contributed by atoms with Crippen molar-refractivity contribution in [2.45, 2.75) is 66.1 Å². The number of hydrogen-bond donors (Lipinski definition) is 1. The molecule has 0 aliphatic heterocycles. The van der Waals surface area contributed by atoms with Gasteiger partial charge in [-0.3, -0.25) is 13.9 Å². The van der Waals surface area contributed by atoms with Gasteiger partial charge in [-0.1, -0.05) is 55.8 Å². The molecule has 0 saturated carbocycles. The fourth-order valence-corrected chi connectivity index (χ4v) is 4.87. The number of rotatable bonds is 11. The van der Waals surface area contributed by atoms with Crippen LogP contribution in [0.4, 0.5) is 5.69 Å². The zero-order valence-corrected chi connectivity index (χ0v) is 22.9. The van der Waals surface area contributed by atoms with E-state index in [0.29, 0.717) is 22.7 Å². The summed E-state index contributed by atoms with van der Waals surface area (Å²) in [5.74, 6) is -0.762. The molecule has 192 valence electrons. The lowest BCUT2D eigenvalue weighted by Gasteiger charge is -2.34. The molecule has 9 heteroatoms. The maximum atomic E-state index is 13.7. The second-order valence-corrected chi connectivity index (χ2v) is 11.2. The lowest BCUT2D eigenvalue weighted by atomic mass is 10.1. The van der Waals surface area contributed by atoms with E-state index in [4.69, 9.17) is 11.6 Å². The molecule has 2 aromatic carbocycles. The van der Waals surface area contributed by atoms with Crippen LogP contribution in [-0.4, -0.2) is 50.0 Å². The highest BCUT2D eigenvalue weighted by Gasteiger charge is 2.32. The van der Waals surface area contributed by atoms with Crippen LogP contribution in [0.15, 0.2) is 42.5 Å². The number of nitrogens with zero attached hydrogens (tertiary/aromatic N) is 2. The van der Waals surface area contributed by atoms with Gasteiger partial charge in [-0.2, -0.15) is 0 Å². The first-order valence-corrected chi connectivity index (χ1v) is 14.0. The number of amides is 2. The van der Waals surface area contributed by atoms with Gasteiger partial charge in [0.05, 0.1) is 11.9 Å². The Labute approximate surface area is 214 Å². The fourth-order valence-electron chi connectivity index (χ4n) is 3.77. The number of anilines is 1. The van der Waals surface area contributed by atoms with Crippen molar-refractivity contribution in [1.29, 1.82) is 0 Å². The molecule has 0 bridgehead atoms. The van der Waals surface area contributed by atoms with Crippen molar-refractivity contribution in [3.8, 4) is 0 Å². The summed E-state index contributed by atoms with van der Waals surface area (Å²) in [6.45, 7) is 9.05. The number of sulfonamides is 1. The van der Waals surface area contributed by atoms with E-state index in [2.05, 4.69) is 5.32 Å². The van der Waals surface area contributed by atoms with Crippen molar-refractivity contribution >= 4 is 39.1 Å². The van der Waals surface area contributed by atoms with Gasteiger partial charge in [-0.25, -0.2) is 8.42 Å². The van der Waals surface area contributed by atoms with Crippen molar-refractivity contribution in [3.05, 3.63) is 64.2 Å². The van der Waals surface area contributed by atoms with E-state index in [-0.39, 0.29) is 18.5 Å². The molecule has 0 saturated heterocycles. The molecule has 0 fully saturated rings. The molecule has 2 atom stereocenters. The van der Waals surface area contributed by atoms with Gasteiger partial charge >= 0.3 is 0 Å². The Morgan fingerprint density at radius 1 is 1.03 bits per heavy atom. The highest BCUT2D eigenvalue weighted by Crippen LogP contribution is 2.26. The number of aryl methyl sites for hydroxylation is 1. The molecule has 0 unspecified atom stereocenters. The maximum Gasteiger partial charge on any atom is 0.244 e. The van der Waals surface area contributed by atoms with E-state index in [0.717, 1.165) is 28.1 Å². The molecule has 0 aliphatic carbocycles. The Morgan fingerprint density at radius 2 is 1.69 bits per heavy atom. The third kappa shape index (κ3) is 7.45. The number of hydrogen-bond acceptors (Lipinski definition) is 4. The number of carbonyl (C=O) groups is 2. The Morgan fingerprint density at radius 3 is 2.26 bits per heavy atom. The van der Waals surface area contributed by atoms with Crippen LogP contribution in [0.3, 0.4) is 0 Å². The van der Waals surface area contributed by atoms with Gasteiger partial charge in [0.15, 0.2) is 0 Å². The summed E-state index contributed by atoms with van der Waals surface area (Å²) in [4.78, 5) is 28.3. The van der Waals surface area contributed by atoms with Gasteiger partial charge in [0.1, 0.15) is 12.6 Å². The van der Waals surface area contributed by atoms with Crippen molar-refractivity contribution < 1.29 is 18.0 Å². The average Bonchev–Trinajstić information content (AvgIpc) is 2.79. The lowest BCUT2D eigenvalue weighted by Crippen LogP contribution is -2.53. The monoisotopic (exact) mass is 521 g/mol. The van der Waals surface area contributed by atoms with E-state index in [1.165, 1.54) is 4.90 Å². The van der Waals surface area contributed by atoms with Gasteiger partial charge in [-0.05, 0) is 62.4 Å². The van der Waals surface area contributed by atoms with Crippen molar-refractivity contribution in [2.24, 2.45) is 0 Å². The minimum atomic E-state index is -3.78. The normalized spacial score (nSPS) is 13.1. The van der Waals surface area contributed by atoms with Crippen LogP contribution < -0.4 is 9.62 Å². The fraction of sp³-hybridized carbons (Fsp3) is 0.462. The molecule has 2 amide bonds. The standard InChI is InChI=1S/C26H36ClN3O4S/c1-7-19(4)28-26(32)23(8-2)29(16-21-13-9-10-14-22(21)27)25(31)17-30(35(6,33)34)24-15-11-12-18(3)20(24)5/h9-15,19,23H,7-8,16-17H2,1-6H3,(H,28,32)/t19-,23+/m0/s1. The number of halogens is 1. The Kier molecular flexibility index (Phi) is 10.2. The van der Waals surface area contributed by atoms with E-state index in [1.807, 2.05) is 46.8 Å². The second-order valence-electron chi connectivity index (χ2n) is 8.84. The molecule has 2 rings (SSSR count). The summed E-state index contributed by atoms with van der Waals surface area (Å²) in [7, 11) is -3.78. The van der Waals surface area contributed by atoms with E-state index >= 15 is 0 Å². The van der Waals surface area contributed by atoms with Crippen LogP contribution >= 0.6 is 11.6 Å². The minimum Gasteiger partial charge on any atom is -0.352 e. The van der Waals surface area contributed by atoms with Crippen molar-refractivity contribution in [3.63, 3.8) is 0 Å². The smallest absolute Gasteiger partial charge is 0.244 e. The van der Waals surface area contributed by atoms with E-state index < -0.39 is 28.5 Å². The quantitative estimate of drug-likeness (QED) is 0.473. The summed E-state index contributed by atoms with van der Waals surface area (Å²) in [5, 5.41) is 3.42. The van der Waals surface area contributed by atoms with Crippen molar-refractivity contribution in [2.75, 3.05) is 17.1 Å². The molecule has 2 aromatic rings. The molecule has 0 aromatic heterocycles. The van der Waals surface area contributed by atoms with Crippen LogP contribution in [-0.2, 0) is 26.2 Å². The van der Waals surface area contributed by atoms with Gasteiger partial charge in [0, 0.05) is 17.6 Å². The summed E-state index contributed by atoms with van der Waals surface area (Å²) < 4.78 is 26.7. The highest BCUT2D eigenvalue weighted by molar-refractivity contribution is 7.92. The molecule has 35 heavy (non-hydrogen) atoms. The van der Waals surface area contributed by atoms with Crippen molar-refractivity contribution in [1.82, 2.24) is 10.2 Å². The number of carbonyl (C=O) groups excluding carboxylic acids is 2. The zero-order valence-electron chi connectivity index (χ0n) is 21.3. The topological polar surface area (TPSA) is 86.8 Å². The Bertz CT molecular complexity index is 1150. The molecule has 0 aliphatic rings. The van der Waals surface area contributed by atoms with Gasteiger partial charge < -0.3 is 10.2 Å². The van der Waals surface area contributed by atoms with Crippen LogP contribution in [0.5, 0.6) is 0 Å². The first kappa shape index (κ1) is 28.7. The average molecular weight is 522 g/mol. The predicted molar refractivity (Wildman–Crippen MR) is 142 cm³/mol. The summed E-state index contributed by atoms with van der Waals surface area (Å²) >= 11 is 6.37. The van der Waals surface area contributed by atoms with Crippen LogP contribution in [0.25, 0.3) is 0 Å². The van der Waals surface area contributed by atoms with Crippen LogP contribution in [0, 0.1) is 13.8 Å². The van der Waals surface area contributed by atoms with Crippen LogP contribution in [0.2, 0.25) is 5.02 Å². The molecule has 1 N–H and O–H groups in total. The molecular weight excluding hydrogens is 486 g/mol. The summed E-state index contributed by atoms with van der Waals surface area (Å²) in [6.07, 6.45) is 2.18. The van der Waals surface area contributed by atoms with Gasteiger partial charge in [0.2, 0.25) is 21.8 Å². The van der Waals surface area contributed by atoms with E-state index in [1.54, 1.807) is 30.3 Å². The zero-order chi connectivity index (χ0) is 26.3. The Hall–Kier alpha value is -2.58.